The number of carbonyl (C=O) groups is 1. The highest BCUT2D eigenvalue weighted by molar-refractivity contribution is 5.94. The number of fused-ring (bicyclic) bond motifs is 1. The summed E-state index contributed by atoms with van der Waals surface area (Å²) in [7, 11) is 2.15. The second kappa shape index (κ2) is 10.1. The molecule has 1 aliphatic rings. The van der Waals surface area contributed by atoms with Gasteiger partial charge in [-0.15, -0.1) is 0 Å². The van der Waals surface area contributed by atoms with E-state index in [0.717, 1.165) is 59.5 Å². The molecule has 35 heavy (non-hydrogen) atoms. The molecule has 1 aromatic carbocycles. The Balaban J connectivity index is 1.23. The molecule has 0 saturated carbocycles. The van der Waals surface area contributed by atoms with Crippen molar-refractivity contribution in [2.75, 3.05) is 43.9 Å². The molecule has 4 aromatic rings. The molecular weight excluding hydrogens is 438 g/mol. The second-order valence-corrected chi connectivity index (χ2v) is 9.01. The molecule has 1 saturated heterocycles. The number of amides is 1. The number of aromatic nitrogens is 3. The zero-order valence-electron chi connectivity index (χ0n) is 19.8. The van der Waals surface area contributed by atoms with Crippen LogP contribution in [0, 0.1) is 0 Å². The zero-order valence-corrected chi connectivity index (χ0v) is 19.8. The Morgan fingerprint density at radius 2 is 1.77 bits per heavy atom. The van der Waals surface area contributed by atoms with Crippen molar-refractivity contribution < 1.29 is 4.79 Å². The van der Waals surface area contributed by atoms with Gasteiger partial charge in [-0.3, -0.25) is 9.78 Å². The molecule has 0 atom stereocenters. The first kappa shape index (κ1) is 22.7. The van der Waals surface area contributed by atoms with Crippen LogP contribution in [0.3, 0.4) is 0 Å². The molecule has 3 aromatic heterocycles. The lowest BCUT2D eigenvalue weighted by molar-refractivity contribution is 0.0950. The lowest BCUT2D eigenvalue weighted by Gasteiger charge is -2.33. The smallest absolute Gasteiger partial charge is 0.253 e. The third kappa shape index (κ3) is 5.38. The lowest BCUT2D eigenvalue weighted by Crippen LogP contribution is -2.44. The average Bonchev–Trinajstić information content (AvgIpc) is 2.88. The first-order chi connectivity index (χ1) is 17.0. The predicted molar refractivity (Wildman–Crippen MR) is 138 cm³/mol. The summed E-state index contributed by atoms with van der Waals surface area (Å²) >= 11 is 0. The number of hydrogen-bond donors (Lipinski definition) is 2. The number of anilines is 2. The average molecular weight is 468 g/mol. The molecule has 4 heterocycles. The van der Waals surface area contributed by atoms with Gasteiger partial charge in [-0.1, -0.05) is 12.1 Å². The molecule has 8 heteroatoms. The van der Waals surface area contributed by atoms with Gasteiger partial charge in [0.25, 0.3) is 5.91 Å². The van der Waals surface area contributed by atoms with Crippen molar-refractivity contribution in [3.05, 3.63) is 89.5 Å². The monoisotopic (exact) mass is 467 g/mol. The minimum absolute atomic E-state index is 0.151. The van der Waals surface area contributed by atoms with Crippen LogP contribution >= 0.6 is 0 Å². The summed E-state index contributed by atoms with van der Waals surface area (Å²) in [6.45, 7) is 4.45. The molecule has 0 unspecified atom stereocenters. The summed E-state index contributed by atoms with van der Waals surface area (Å²) in [5, 5.41) is 4.90. The maximum atomic E-state index is 12.8. The highest BCUT2D eigenvalue weighted by atomic mass is 16.1. The summed E-state index contributed by atoms with van der Waals surface area (Å²) in [6, 6.07) is 13.9. The van der Waals surface area contributed by atoms with Gasteiger partial charge in [-0.05, 0) is 65.9 Å². The number of nitrogens with zero attached hydrogens (tertiary/aromatic N) is 5. The highest BCUT2D eigenvalue weighted by Gasteiger charge is 2.15. The molecule has 3 N–H and O–H groups in total. The van der Waals surface area contributed by atoms with Crippen LogP contribution < -0.4 is 16.0 Å². The van der Waals surface area contributed by atoms with Crippen LogP contribution in [-0.2, 0) is 13.0 Å². The minimum Gasteiger partial charge on any atom is -0.383 e. The number of piperazine rings is 1. The van der Waals surface area contributed by atoms with Crippen LogP contribution in [0.5, 0.6) is 0 Å². The standard InChI is InChI=1S/C27H29N7O/c1-33-8-10-34(11-9-33)25-15-19(4-6-30-25)12-21-14-23(18-29-16-21)27(35)32-17-20-2-3-24-22(13-20)5-7-31-26(24)28/h2-7,13-16,18H,8-12,17H2,1H3,(H2,28,31)(H,32,35). The van der Waals surface area contributed by atoms with Crippen molar-refractivity contribution in [3.8, 4) is 0 Å². The zero-order chi connectivity index (χ0) is 24.2. The molecule has 0 bridgehead atoms. The van der Waals surface area contributed by atoms with E-state index in [1.54, 1.807) is 12.4 Å². The van der Waals surface area contributed by atoms with E-state index in [4.69, 9.17) is 5.73 Å². The molecule has 1 aliphatic heterocycles. The number of hydrogen-bond acceptors (Lipinski definition) is 7. The number of benzene rings is 1. The maximum Gasteiger partial charge on any atom is 0.253 e. The molecule has 8 nitrogen and oxygen atoms in total. The van der Waals surface area contributed by atoms with Crippen LogP contribution in [0.25, 0.3) is 10.8 Å². The normalized spacial score (nSPS) is 14.3. The van der Waals surface area contributed by atoms with Crippen LogP contribution in [0.2, 0.25) is 0 Å². The van der Waals surface area contributed by atoms with E-state index in [1.165, 1.54) is 0 Å². The highest BCUT2D eigenvalue weighted by Crippen LogP contribution is 2.20. The predicted octanol–water partition coefficient (Wildman–Crippen LogP) is 2.88. The second-order valence-electron chi connectivity index (χ2n) is 9.01. The van der Waals surface area contributed by atoms with E-state index in [0.29, 0.717) is 24.3 Å². The third-order valence-electron chi connectivity index (χ3n) is 6.42. The van der Waals surface area contributed by atoms with Gasteiger partial charge in [0.05, 0.1) is 5.56 Å². The topological polar surface area (TPSA) is 100 Å². The molecular formula is C27H29N7O. The SMILES string of the molecule is CN1CCN(c2cc(Cc3cncc(C(=O)NCc4ccc5c(N)nccc5c4)c3)ccn2)CC1. The minimum atomic E-state index is -0.151. The van der Waals surface area contributed by atoms with Gasteiger partial charge in [-0.25, -0.2) is 9.97 Å². The summed E-state index contributed by atoms with van der Waals surface area (Å²) in [6.07, 6.45) is 7.66. The van der Waals surface area contributed by atoms with Gasteiger partial charge in [-0.2, -0.15) is 0 Å². The Hall–Kier alpha value is -4.04. The van der Waals surface area contributed by atoms with Crippen molar-refractivity contribution in [2.24, 2.45) is 0 Å². The van der Waals surface area contributed by atoms with Crippen molar-refractivity contribution in [3.63, 3.8) is 0 Å². The van der Waals surface area contributed by atoms with Gasteiger partial charge in [0.2, 0.25) is 0 Å². The summed E-state index contributed by atoms with van der Waals surface area (Å²) in [5.74, 6) is 1.36. The number of likely N-dealkylation sites (N-methyl/N-ethyl adjacent to an activating group) is 1. The Labute approximate surface area is 204 Å². The van der Waals surface area contributed by atoms with Gasteiger partial charge < -0.3 is 20.9 Å². The van der Waals surface area contributed by atoms with E-state index in [1.807, 2.05) is 48.8 Å². The number of nitrogens with one attached hydrogen (secondary N) is 1. The maximum absolute atomic E-state index is 12.8. The Kier molecular flexibility index (Phi) is 6.54. The van der Waals surface area contributed by atoms with Crippen LogP contribution in [0.4, 0.5) is 11.6 Å². The number of rotatable bonds is 6. The van der Waals surface area contributed by atoms with Gasteiger partial charge in [0, 0.05) is 62.9 Å². The number of pyridine rings is 3. The first-order valence-electron chi connectivity index (χ1n) is 11.8. The van der Waals surface area contributed by atoms with Crippen LogP contribution in [0.15, 0.2) is 67.3 Å². The molecule has 5 rings (SSSR count). The van der Waals surface area contributed by atoms with E-state index < -0.39 is 0 Å². The van der Waals surface area contributed by atoms with E-state index in [9.17, 15) is 4.79 Å². The van der Waals surface area contributed by atoms with Crippen LogP contribution in [0.1, 0.15) is 27.0 Å². The molecule has 178 valence electrons. The first-order valence-corrected chi connectivity index (χ1v) is 11.8. The van der Waals surface area contributed by atoms with Gasteiger partial charge in [0.15, 0.2) is 0 Å². The van der Waals surface area contributed by atoms with E-state index >= 15 is 0 Å². The fraction of sp³-hybridized carbons (Fsp3) is 0.259. The lowest BCUT2D eigenvalue weighted by atomic mass is 10.1. The van der Waals surface area contributed by atoms with Gasteiger partial charge in [0.1, 0.15) is 11.6 Å². The van der Waals surface area contributed by atoms with Crippen LogP contribution in [-0.4, -0.2) is 59.0 Å². The molecule has 0 spiro atoms. The third-order valence-corrected chi connectivity index (χ3v) is 6.42. The fourth-order valence-corrected chi connectivity index (χ4v) is 4.37. The Bertz CT molecular complexity index is 1350. The number of nitrogens with two attached hydrogens (primary N) is 1. The molecule has 1 amide bonds. The quantitative estimate of drug-likeness (QED) is 0.450. The summed E-state index contributed by atoms with van der Waals surface area (Å²) in [5.41, 5.74) is 9.61. The Morgan fingerprint density at radius 1 is 0.943 bits per heavy atom. The largest absolute Gasteiger partial charge is 0.383 e. The Morgan fingerprint density at radius 3 is 2.63 bits per heavy atom. The van der Waals surface area contributed by atoms with E-state index in [2.05, 4.69) is 43.2 Å². The number of nitrogen functional groups attached to an aromatic ring is 1. The molecule has 0 radical (unpaired) electrons. The molecule has 1 fully saturated rings. The van der Waals surface area contributed by atoms with Crippen molar-refractivity contribution in [2.45, 2.75) is 13.0 Å². The van der Waals surface area contributed by atoms with E-state index in [-0.39, 0.29) is 5.91 Å². The summed E-state index contributed by atoms with van der Waals surface area (Å²) in [4.78, 5) is 30.5. The van der Waals surface area contributed by atoms with Gasteiger partial charge >= 0.3 is 0 Å². The summed E-state index contributed by atoms with van der Waals surface area (Å²) < 4.78 is 0. The van der Waals surface area contributed by atoms with Crippen molar-refractivity contribution in [1.29, 1.82) is 0 Å². The van der Waals surface area contributed by atoms with Crippen molar-refractivity contribution >= 4 is 28.3 Å². The molecule has 0 aliphatic carbocycles. The fourth-order valence-electron chi connectivity index (χ4n) is 4.37. The van der Waals surface area contributed by atoms with Crippen molar-refractivity contribution in [1.82, 2.24) is 25.2 Å². The number of carbonyl (C=O) groups excluding carboxylic acids is 1.